The SMILES string of the molecule is CCOC(=O)C1=C(c2ccccc2)N=c2s/c(=C/c3cc(C)n(-c4sc5c(c4C#N)CCCC5)c3C)c(=O)n2[C@H]1c1ccc(OCC)cc1. The number of fused-ring (bicyclic) bond motifs is 2. The maximum atomic E-state index is 14.5. The summed E-state index contributed by atoms with van der Waals surface area (Å²) in [5.74, 6) is 0.180. The van der Waals surface area contributed by atoms with Crippen molar-refractivity contribution in [3.8, 4) is 16.8 Å². The molecule has 7 rings (SSSR count). The van der Waals surface area contributed by atoms with E-state index in [1.165, 1.54) is 21.8 Å². The zero-order valence-electron chi connectivity index (χ0n) is 27.9. The number of rotatable bonds is 8. The fourth-order valence-electron chi connectivity index (χ4n) is 6.88. The van der Waals surface area contributed by atoms with Crippen LogP contribution in [0.25, 0.3) is 16.8 Å². The molecule has 4 heterocycles. The van der Waals surface area contributed by atoms with Crippen LogP contribution < -0.4 is 19.6 Å². The summed E-state index contributed by atoms with van der Waals surface area (Å²) in [6.07, 6.45) is 6.12. The number of ether oxygens (including phenoxy) is 2. The molecule has 5 aromatic rings. The van der Waals surface area contributed by atoms with E-state index in [1.54, 1.807) is 22.8 Å². The average Bonchev–Trinajstić information content (AvgIpc) is 3.73. The fourth-order valence-corrected chi connectivity index (χ4v) is 9.32. The molecule has 8 nitrogen and oxygen atoms in total. The molecule has 49 heavy (non-hydrogen) atoms. The number of nitrogens with zero attached hydrogens (tertiary/aromatic N) is 4. The monoisotopic (exact) mass is 688 g/mol. The summed E-state index contributed by atoms with van der Waals surface area (Å²) in [5.41, 5.74) is 6.85. The Morgan fingerprint density at radius 3 is 2.51 bits per heavy atom. The number of thiophene rings is 1. The Morgan fingerprint density at radius 2 is 1.80 bits per heavy atom. The molecule has 1 atom stereocenters. The van der Waals surface area contributed by atoms with Gasteiger partial charge in [-0.25, -0.2) is 9.79 Å². The van der Waals surface area contributed by atoms with Gasteiger partial charge in [-0.3, -0.25) is 9.36 Å². The maximum Gasteiger partial charge on any atom is 0.338 e. The minimum absolute atomic E-state index is 0.182. The smallest absolute Gasteiger partial charge is 0.338 e. The molecular formula is C39H36N4O4S2. The Kier molecular flexibility index (Phi) is 8.97. The van der Waals surface area contributed by atoms with E-state index in [2.05, 4.69) is 16.7 Å². The topological polar surface area (TPSA) is 98.6 Å². The van der Waals surface area contributed by atoms with Crippen LogP contribution in [0, 0.1) is 25.2 Å². The highest BCUT2D eigenvalue weighted by Crippen LogP contribution is 2.39. The van der Waals surface area contributed by atoms with Crippen molar-refractivity contribution < 1.29 is 14.3 Å². The van der Waals surface area contributed by atoms with E-state index >= 15 is 0 Å². The summed E-state index contributed by atoms with van der Waals surface area (Å²) in [7, 11) is 0. The Morgan fingerprint density at radius 1 is 1.04 bits per heavy atom. The van der Waals surface area contributed by atoms with E-state index in [9.17, 15) is 14.9 Å². The second-order valence-corrected chi connectivity index (χ2v) is 14.2. The number of esters is 1. The second-order valence-electron chi connectivity index (χ2n) is 12.1. The first kappa shape index (κ1) is 32.6. The molecule has 248 valence electrons. The Hall–Kier alpha value is -4.98. The minimum Gasteiger partial charge on any atom is -0.494 e. The minimum atomic E-state index is -0.772. The van der Waals surface area contributed by atoms with E-state index in [-0.39, 0.29) is 12.2 Å². The lowest BCUT2D eigenvalue weighted by Gasteiger charge is -2.26. The summed E-state index contributed by atoms with van der Waals surface area (Å²) in [6, 6.07) is 20.8. The number of thiazole rings is 1. The molecule has 0 fully saturated rings. The lowest BCUT2D eigenvalue weighted by atomic mass is 9.93. The number of aryl methyl sites for hydroxylation is 2. The molecule has 0 N–H and O–H groups in total. The van der Waals surface area contributed by atoms with Gasteiger partial charge in [0, 0.05) is 21.8 Å². The van der Waals surface area contributed by atoms with Crippen molar-refractivity contribution in [3.05, 3.63) is 130 Å². The van der Waals surface area contributed by atoms with Crippen molar-refractivity contribution in [2.45, 2.75) is 59.4 Å². The molecular weight excluding hydrogens is 653 g/mol. The lowest BCUT2D eigenvalue weighted by Crippen LogP contribution is -2.40. The van der Waals surface area contributed by atoms with Gasteiger partial charge in [0.25, 0.3) is 5.56 Å². The van der Waals surface area contributed by atoms with Gasteiger partial charge in [-0.15, -0.1) is 11.3 Å². The molecule has 0 saturated carbocycles. The normalized spacial score (nSPS) is 15.7. The summed E-state index contributed by atoms with van der Waals surface area (Å²) in [6.45, 7) is 8.46. The molecule has 2 aromatic carbocycles. The van der Waals surface area contributed by atoms with Gasteiger partial charge in [0.2, 0.25) is 0 Å². The van der Waals surface area contributed by atoms with Crippen LogP contribution in [0.2, 0.25) is 0 Å². The van der Waals surface area contributed by atoms with E-state index in [1.807, 2.05) is 81.4 Å². The molecule has 3 aromatic heterocycles. The van der Waals surface area contributed by atoms with Gasteiger partial charge in [0.15, 0.2) is 4.80 Å². The molecule has 0 bridgehead atoms. The standard InChI is InChI=1S/C39H36N4O4S2/c1-5-46-28-18-16-26(17-19-28)35-33(38(45)47-6-2)34(25-12-8-7-9-13-25)41-39-43(35)36(44)32(49-39)21-27-20-23(3)42(24(27)4)37-30(22-40)29-14-10-11-15-31(29)48-37/h7-9,12-13,16-21,35H,5-6,10-11,14-15H2,1-4H3/b32-21+/t35-/m0/s1. The highest BCUT2D eigenvalue weighted by atomic mass is 32.1. The number of hydrogen-bond donors (Lipinski definition) is 0. The molecule has 1 aliphatic carbocycles. The molecule has 0 saturated heterocycles. The van der Waals surface area contributed by atoms with E-state index in [4.69, 9.17) is 14.5 Å². The molecule has 1 aliphatic heterocycles. The molecule has 0 amide bonds. The summed E-state index contributed by atoms with van der Waals surface area (Å²) >= 11 is 3.01. The van der Waals surface area contributed by atoms with Crippen LogP contribution in [0.1, 0.15) is 76.8 Å². The van der Waals surface area contributed by atoms with Gasteiger partial charge >= 0.3 is 5.97 Å². The Labute approximate surface area is 292 Å². The zero-order valence-corrected chi connectivity index (χ0v) is 29.5. The van der Waals surface area contributed by atoms with Gasteiger partial charge in [0.1, 0.15) is 16.8 Å². The van der Waals surface area contributed by atoms with Crippen molar-refractivity contribution in [1.29, 1.82) is 5.26 Å². The predicted octanol–water partition coefficient (Wildman–Crippen LogP) is 6.55. The molecule has 10 heteroatoms. The summed E-state index contributed by atoms with van der Waals surface area (Å²) in [5, 5.41) is 11.1. The molecule has 0 unspecified atom stereocenters. The summed E-state index contributed by atoms with van der Waals surface area (Å²) < 4.78 is 15.6. The van der Waals surface area contributed by atoms with Crippen LogP contribution in [-0.4, -0.2) is 28.3 Å². The van der Waals surface area contributed by atoms with Crippen LogP contribution in [-0.2, 0) is 22.4 Å². The number of carbonyl (C=O) groups is 1. The largest absolute Gasteiger partial charge is 0.494 e. The van der Waals surface area contributed by atoms with Crippen molar-refractivity contribution in [2.75, 3.05) is 13.2 Å². The average molecular weight is 689 g/mol. The van der Waals surface area contributed by atoms with Crippen LogP contribution >= 0.6 is 22.7 Å². The van der Waals surface area contributed by atoms with Crippen molar-refractivity contribution >= 4 is 40.4 Å². The number of nitriles is 1. The highest BCUT2D eigenvalue weighted by molar-refractivity contribution is 7.15. The summed E-state index contributed by atoms with van der Waals surface area (Å²) in [4.78, 5) is 35.0. The van der Waals surface area contributed by atoms with Gasteiger partial charge in [-0.1, -0.05) is 53.8 Å². The number of benzene rings is 2. The molecule has 2 aliphatic rings. The fraction of sp³-hybridized carbons (Fsp3) is 0.282. The predicted molar refractivity (Wildman–Crippen MR) is 193 cm³/mol. The van der Waals surface area contributed by atoms with E-state index in [0.717, 1.165) is 64.3 Å². The second kappa shape index (κ2) is 13.5. The molecule has 0 spiro atoms. The van der Waals surface area contributed by atoms with Crippen molar-refractivity contribution in [3.63, 3.8) is 0 Å². The Balaban J connectivity index is 1.43. The van der Waals surface area contributed by atoms with Crippen LogP contribution in [0.3, 0.4) is 0 Å². The van der Waals surface area contributed by atoms with E-state index in [0.29, 0.717) is 33.0 Å². The zero-order chi connectivity index (χ0) is 34.2. The maximum absolute atomic E-state index is 14.5. The van der Waals surface area contributed by atoms with Crippen molar-refractivity contribution in [1.82, 2.24) is 9.13 Å². The van der Waals surface area contributed by atoms with Crippen LogP contribution in [0.15, 0.2) is 76.0 Å². The third-order valence-electron chi connectivity index (χ3n) is 9.11. The van der Waals surface area contributed by atoms with Gasteiger partial charge in [-0.2, -0.15) is 5.26 Å². The third kappa shape index (κ3) is 5.77. The van der Waals surface area contributed by atoms with Crippen molar-refractivity contribution in [2.24, 2.45) is 4.99 Å². The van der Waals surface area contributed by atoms with Crippen LogP contribution in [0.4, 0.5) is 0 Å². The Bertz CT molecular complexity index is 2330. The molecule has 0 radical (unpaired) electrons. The first-order valence-corrected chi connectivity index (χ1v) is 18.2. The number of aromatic nitrogens is 2. The third-order valence-corrected chi connectivity index (χ3v) is 11.4. The van der Waals surface area contributed by atoms with Gasteiger partial charge in [0.05, 0.1) is 40.6 Å². The quantitative estimate of drug-likeness (QED) is 0.172. The first-order valence-electron chi connectivity index (χ1n) is 16.6. The van der Waals surface area contributed by atoms with Gasteiger partial charge < -0.3 is 14.0 Å². The van der Waals surface area contributed by atoms with E-state index < -0.39 is 12.0 Å². The van der Waals surface area contributed by atoms with Gasteiger partial charge in [-0.05, 0) is 94.3 Å². The lowest BCUT2D eigenvalue weighted by molar-refractivity contribution is -0.138. The first-order chi connectivity index (χ1) is 23.8. The van der Waals surface area contributed by atoms with Crippen LogP contribution in [0.5, 0.6) is 5.75 Å². The number of carbonyl (C=O) groups excluding carboxylic acids is 1. The number of hydrogen-bond acceptors (Lipinski definition) is 8. The highest BCUT2D eigenvalue weighted by Gasteiger charge is 2.35.